The Labute approximate surface area is 359 Å². The van der Waals surface area contributed by atoms with Crippen molar-refractivity contribution in [3.63, 3.8) is 0 Å². The molecule has 0 atom stereocenters. The van der Waals surface area contributed by atoms with Gasteiger partial charge in [0.1, 0.15) is 11.2 Å². The first-order valence-corrected chi connectivity index (χ1v) is 21.0. The third-order valence-electron chi connectivity index (χ3n) is 12.4. The van der Waals surface area contributed by atoms with E-state index in [0.29, 0.717) is 17.5 Å². The summed E-state index contributed by atoms with van der Waals surface area (Å²) in [6.45, 7) is 0. The van der Waals surface area contributed by atoms with Crippen LogP contribution in [0.2, 0.25) is 0 Å². The zero-order valence-electron chi connectivity index (χ0n) is 33.6. The summed E-state index contributed by atoms with van der Waals surface area (Å²) in [6, 6.07) is 79.4. The minimum absolute atomic E-state index is 0.487. The summed E-state index contributed by atoms with van der Waals surface area (Å²) in [5.74, 6) is 1.81. The van der Waals surface area contributed by atoms with Crippen LogP contribution in [0.1, 0.15) is 22.3 Å². The Morgan fingerprint density at radius 3 is 1.48 bits per heavy atom. The normalized spacial score (nSPS) is 12.6. The topological polar surface area (TPSA) is 51.8 Å². The zero-order valence-corrected chi connectivity index (χ0v) is 33.6. The molecule has 0 bridgehead atoms. The second kappa shape index (κ2) is 14.5. The minimum Gasteiger partial charge on any atom is -0.456 e. The number of hydrogen-bond acceptors (Lipinski definition) is 4. The summed E-state index contributed by atoms with van der Waals surface area (Å²) in [5.41, 5.74) is 15.9. The Balaban J connectivity index is 1.03. The van der Waals surface area contributed by atoms with Crippen molar-refractivity contribution >= 4 is 21.9 Å². The van der Waals surface area contributed by atoms with E-state index in [-0.39, 0.29) is 0 Å². The Morgan fingerprint density at radius 1 is 0.306 bits per heavy atom. The van der Waals surface area contributed by atoms with Gasteiger partial charge in [0.25, 0.3) is 0 Å². The SMILES string of the molecule is c1ccc(-c2ccc(-c3nc(-c4ccccc4)nc(-c4cccc5oc6ccc(-c7ccc8c(c7)C(c7ccccc7)(c7ccccc7)c7ccccc7-8)cc6c45)n3)cc2)cc1. The molecule has 0 saturated heterocycles. The summed E-state index contributed by atoms with van der Waals surface area (Å²) < 4.78 is 6.58. The molecule has 9 aromatic carbocycles. The molecule has 11 aromatic rings. The van der Waals surface area contributed by atoms with Gasteiger partial charge in [0.15, 0.2) is 17.5 Å². The Bertz CT molecular complexity index is 3390. The van der Waals surface area contributed by atoms with Crippen LogP contribution in [0.5, 0.6) is 0 Å². The highest BCUT2D eigenvalue weighted by molar-refractivity contribution is 6.13. The first kappa shape index (κ1) is 35.7. The number of benzene rings is 9. The lowest BCUT2D eigenvalue weighted by Gasteiger charge is -2.34. The number of furan rings is 1. The van der Waals surface area contributed by atoms with Gasteiger partial charge in [-0.1, -0.05) is 200 Å². The summed E-state index contributed by atoms with van der Waals surface area (Å²) >= 11 is 0. The van der Waals surface area contributed by atoms with Crippen LogP contribution in [-0.2, 0) is 5.41 Å². The summed E-state index contributed by atoms with van der Waals surface area (Å²) in [5, 5.41) is 1.97. The van der Waals surface area contributed by atoms with Gasteiger partial charge in [-0.2, -0.15) is 0 Å². The first-order valence-electron chi connectivity index (χ1n) is 21.0. The maximum atomic E-state index is 6.58. The average Bonchev–Trinajstić information content (AvgIpc) is 3.88. The molecule has 0 aliphatic heterocycles. The van der Waals surface area contributed by atoms with E-state index in [9.17, 15) is 0 Å². The number of hydrogen-bond donors (Lipinski definition) is 0. The van der Waals surface area contributed by atoms with E-state index in [2.05, 4.69) is 176 Å². The molecule has 0 spiro atoms. The monoisotopic (exact) mass is 791 g/mol. The van der Waals surface area contributed by atoms with E-state index in [4.69, 9.17) is 19.4 Å². The van der Waals surface area contributed by atoms with Gasteiger partial charge in [0.2, 0.25) is 0 Å². The molecule has 0 saturated carbocycles. The van der Waals surface area contributed by atoms with E-state index < -0.39 is 5.41 Å². The molecular formula is C58H37N3O. The fraction of sp³-hybridized carbons (Fsp3) is 0.0172. The predicted octanol–water partition coefficient (Wildman–Crippen LogP) is 14.5. The van der Waals surface area contributed by atoms with Crippen molar-refractivity contribution in [3.8, 4) is 67.5 Å². The van der Waals surface area contributed by atoms with Gasteiger partial charge in [-0.05, 0) is 79.9 Å². The second-order valence-corrected chi connectivity index (χ2v) is 15.9. The fourth-order valence-corrected chi connectivity index (χ4v) is 9.60. The van der Waals surface area contributed by atoms with Gasteiger partial charge in [-0.3, -0.25) is 0 Å². The highest BCUT2D eigenvalue weighted by Gasteiger charge is 2.46. The number of nitrogens with zero attached hydrogens (tertiary/aromatic N) is 3. The van der Waals surface area contributed by atoms with Crippen molar-refractivity contribution in [2.75, 3.05) is 0 Å². The van der Waals surface area contributed by atoms with E-state index in [0.717, 1.165) is 60.9 Å². The van der Waals surface area contributed by atoms with Crippen molar-refractivity contribution in [1.29, 1.82) is 0 Å². The highest BCUT2D eigenvalue weighted by atomic mass is 16.3. The molecule has 4 heteroatoms. The Hall–Kier alpha value is -8.21. The van der Waals surface area contributed by atoms with Gasteiger partial charge in [0.05, 0.1) is 5.41 Å². The van der Waals surface area contributed by atoms with Gasteiger partial charge < -0.3 is 4.42 Å². The smallest absolute Gasteiger partial charge is 0.164 e. The molecule has 0 amide bonds. The van der Waals surface area contributed by atoms with Crippen LogP contribution in [0.25, 0.3) is 89.5 Å². The number of rotatable bonds is 7. The Morgan fingerprint density at radius 2 is 0.790 bits per heavy atom. The molecule has 0 N–H and O–H groups in total. The molecule has 2 heterocycles. The number of aromatic nitrogens is 3. The van der Waals surface area contributed by atoms with Crippen LogP contribution in [-0.4, -0.2) is 15.0 Å². The van der Waals surface area contributed by atoms with Crippen LogP contribution in [0.4, 0.5) is 0 Å². The standard InChI is InChI=1S/C58H37N3O/c1-5-16-38(17-6-1)39-28-30-41(31-29-39)56-59-55(40-18-7-2-8-19-40)60-57(61-56)48-25-15-27-53-54(48)49-36-42(33-35-52(49)62-53)43-32-34-47-46-24-13-14-26-50(46)58(51(47)37-43,44-20-9-3-10-21-44)45-22-11-4-12-23-45/h1-37H. The lowest BCUT2D eigenvalue weighted by atomic mass is 9.67. The third kappa shape index (κ3) is 5.72. The summed E-state index contributed by atoms with van der Waals surface area (Å²) in [4.78, 5) is 15.4. The van der Waals surface area contributed by atoms with E-state index in [1.807, 2.05) is 48.5 Å². The van der Waals surface area contributed by atoms with Crippen LogP contribution >= 0.6 is 0 Å². The van der Waals surface area contributed by atoms with Crippen molar-refractivity contribution in [2.45, 2.75) is 5.41 Å². The van der Waals surface area contributed by atoms with Crippen molar-refractivity contribution in [1.82, 2.24) is 15.0 Å². The van der Waals surface area contributed by atoms with Crippen LogP contribution < -0.4 is 0 Å². The third-order valence-corrected chi connectivity index (χ3v) is 12.4. The quantitative estimate of drug-likeness (QED) is 0.161. The van der Waals surface area contributed by atoms with E-state index in [1.54, 1.807) is 0 Å². The molecule has 12 rings (SSSR count). The lowest BCUT2D eigenvalue weighted by Crippen LogP contribution is -2.28. The highest BCUT2D eigenvalue weighted by Crippen LogP contribution is 2.56. The van der Waals surface area contributed by atoms with E-state index in [1.165, 1.54) is 33.4 Å². The lowest BCUT2D eigenvalue weighted by molar-refractivity contribution is 0.669. The van der Waals surface area contributed by atoms with Gasteiger partial charge >= 0.3 is 0 Å². The largest absolute Gasteiger partial charge is 0.456 e. The molecule has 4 nitrogen and oxygen atoms in total. The molecular weight excluding hydrogens is 755 g/mol. The molecule has 0 fully saturated rings. The van der Waals surface area contributed by atoms with Gasteiger partial charge in [-0.15, -0.1) is 0 Å². The Kier molecular flexibility index (Phi) is 8.36. The maximum Gasteiger partial charge on any atom is 0.164 e. The molecule has 1 aliphatic carbocycles. The second-order valence-electron chi connectivity index (χ2n) is 15.9. The molecule has 290 valence electrons. The van der Waals surface area contributed by atoms with Crippen LogP contribution in [0.15, 0.2) is 229 Å². The van der Waals surface area contributed by atoms with Crippen LogP contribution in [0, 0.1) is 0 Å². The molecule has 2 aromatic heterocycles. The first-order chi connectivity index (χ1) is 30.7. The number of fused-ring (bicyclic) bond motifs is 6. The average molecular weight is 792 g/mol. The maximum absolute atomic E-state index is 6.58. The van der Waals surface area contributed by atoms with Crippen molar-refractivity contribution in [3.05, 3.63) is 247 Å². The molecule has 1 aliphatic rings. The van der Waals surface area contributed by atoms with Gasteiger partial charge in [0, 0.05) is 27.5 Å². The van der Waals surface area contributed by atoms with Gasteiger partial charge in [-0.25, -0.2) is 15.0 Å². The zero-order chi connectivity index (χ0) is 41.0. The van der Waals surface area contributed by atoms with E-state index >= 15 is 0 Å². The minimum atomic E-state index is -0.487. The molecule has 0 unspecified atom stereocenters. The van der Waals surface area contributed by atoms with Crippen molar-refractivity contribution < 1.29 is 4.42 Å². The fourth-order valence-electron chi connectivity index (χ4n) is 9.60. The summed E-state index contributed by atoms with van der Waals surface area (Å²) in [6.07, 6.45) is 0. The summed E-state index contributed by atoms with van der Waals surface area (Å²) in [7, 11) is 0. The van der Waals surface area contributed by atoms with Crippen LogP contribution in [0.3, 0.4) is 0 Å². The van der Waals surface area contributed by atoms with Crippen molar-refractivity contribution in [2.24, 2.45) is 0 Å². The predicted molar refractivity (Wildman–Crippen MR) is 252 cm³/mol. The molecule has 0 radical (unpaired) electrons. The molecule has 62 heavy (non-hydrogen) atoms.